The van der Waals surface area contributed by atoms with Crippen LogP contribution in [0, 0.1) is 0 Å². The van der Waals surface area contributed by atoms with Crippen molar-refractivity contribution in [1.82, 2.24) is 0 Å². The Bertz CT molecular complexity index is 160. The van der Waals surface area contributed by atoms with Crippen molar-refractivity contribution in [3.63, 3.8) is 0 Å². The first kappa shape index (κ1) is 4.23. The zero-order chi connectivity index (χ0) is 4.20. The Morgan fingerprint density at radius 3 is 2.17 bits per heavy atom. The summed E-state index contributed by atoms with van der Waals surface area (Å²) in [5.74, 6) is 0. The van der Waals surface area contributed by atoms with Crippen molar-refractivity contribution in [3.05, 3.63) is 0 Å². The van der Waals surface area contributed by atoms with E-state index < -0.39 is 0 Å². The first-order valence-corrected chi connectivity index (χ1v) is 10.7. The molecule has 0 aromatic heterocycles. The third kappa shape index (κ3) is 0.375. The molecular weight excluding hydrogens is 148 g/mol. The second kappa shape index (κ2) is 1.01. The Labute approximate surface area is 41.4 Å². The topological polar surface area (TPSA) is 0 Å². The monoisotopic (exact) mass is 153 g/mol. The summed E-state index contributed by atoms with van der Waals surface area (Å²) in [6.45, 7) is 2.36. The molecule has 0 atom stereocenters. The van der Waals surface area contributed by atoms with Gasteiger partial charge in [-0.25, -0.2) is 0 Å². The van der Waals surface area contributed by atoms with E-state index in [9.17, 15) is 0 Å². The molecule has 0 saturated carbocycles. The highest BCUT2D eigenvalue weighted by molar-refractivity contribution is 9.27. The van der Waals surface area contributed by atoms with Gasteiger partial charge in [-0.1, -0.05) is 0 Å². The van der Waals surface area contributed by atoms with E-state index in [0.717, 1.165) is 6.18 Å². The van der Waals surface area contributed by atoms with Crippen LogP contribution in [0.1, 0.15) is 6.92 Å². The lowest BCUT2D eigenvalue weighted by Gasteiger charge is -1.73. The fraction of sp³-hybridized carbons (Fsp3) is 1.00. The molecule has 0 N–H and O–H groups in total. The van der Waals surface area contributed by atoms with E-state index >= 15 is 0 Å². The van der Waals surface area contributed by atoms with Gasteiger partial charge in [-0.05, 0) is 6.92 Å². The van der Waals surface area contributed by atoms with Gasteiger partial charge in [-0.2, -0.15) is 0 Å². The molecule has 0 saturated heterocycles. The number of rotatable bonds is 1. The molecule has 0 spiro atoms. The van der Waals surface area contributed by atoms with E-state index in [1.165, 1.54) is 0 Å². The molecule has 0 fully saturated rings. The maximum absolute atomic E-state index is 2.36. The molecule has 4 heteroatoms. The maximum Gasteiger partial charge on any atom is 0.185 e. The summed E-state index contributed by atoms with van der Waals surface area (Å²) in [7, 11) is 3.87. The first-order chi connectivity index (χ1) is 2.87. The molecule has 0 aromatic carbocycles. The van der Waals surface area contributed by atoms with Gasteiger partial charge in [0.1, 0.15) is 0 Å². The van der Waals surface area contributed by atoms with Crippen LogP contribution in [0.4, 0.5) is 0 Å². The SMILES string of the molecule is CC[P+]12P=P1=P2. The largest absolute Gasteiger partial charge is 0.185 e. The summed E-state index contributed by atoms with van der Waals surface area (Å²) in [5.41, 5.74) is 0. The summed E-state index contributed by atoms with van der Waals surface area (Å²) >= 11 is 0. The molecule has 0 unspecified atom stereocenters. The maximum atomic E-state index is 2.36. The molecule has 2 heterocycles. The zero-order valence-corrected chi connectivity index (χ0v) is 7.07. The molecule has 2 rings (SSSR count). The van der Waals surface area contributed by atoms with Gasteiger partial charge in [0.2, 0.25) is 0 Å². The predicted molar refractivity (Wildman–Crippen MR) is 38.2 cm³/mol. The van der Waals surface area contributed by atoms with Gasteiger partial charge in [-0.3, -0.25) is 0 Å². The fourth-order valence-corrected chi connectivity index (χ4v) is 36.6. The smallest absolute Gasteiger partial charge is 0.0293 e. The van der Waals surface area contributed by atoms with Gasteiger partial charge in [0.05, 0.1) is 6.16 Å². The number of hydrogen-bond acceptors (Lipinski definition) is 0. The van der Waals surface area contributed by atoms with Gasteiger partial charge in [-0.15, -0.1) is 0 Å². The fourth-order valence-electron chi connectivity index (χ4n) is 0.478. The van der Waals surface area contributed by atoms with Crippen molar-refractivity contribution in [2.24, 2.45) is 0 Å². The average molecular weight is 153 g/mol. The summed E-state index contributed by atoms with van der Waals surface area (Å²) < 4.78 is 0. The van der Waals surface area contributed by atoms with Gasteiger partial charge < -0.3 is 0 Å². The third-order valence-electron chi connectivity index (χ3n) is 1.10. The van der Waals surface area contributed by atoms with E-state index in [1.807, 2.05) is 15.1 Å². The standard InChI is InChI=1S/C2H5P4/c1-2-6-3-5(6)4-6/h2H2,1H3/q+1. The van der Waals surface area contributed by atoms with Crippen molar-refractivity contribution in [3.8, 4) is 0 Å². The van der Waals surface area contributed by atoms with Crippen molar-refractivity contribution in [1.29, 1.82) is 0 Å². The first-order valence-electron chi connectivity index (χ1n) is 2.02. The molecule has 0 nitrogen and oxygen atoms in total. The van der Waals surface area contributed by atoms with Crippen LogP contribution in [0.15, 0.2) is 0 Å². The van der Waals surface area contributed by atoms with E-state index in [4.69, 9.17) is 0 Å². The van der Waals surface area contributed by atoms with Crippen LogP contribution in [0.25, 0.3) is 0 Å². The van der Waals surface area contributed by atoms with Crippen molar-refractivity contribution >= 4 is 27.6 Å². The van der Waals surface area contributed by atoms with Gasteiger partial charge in [0.15, 0.2) is 27.6 Å². The van der Waals surface area contributed by atoms with Crippen molar-refractivity contribution in [2.75, 3.05) is 6.16 Å². The lowest BCUT2D eigenvalue weighted by molar-refractivity contribution is 1.53. The van der Waals surface area contributed by atoms with Gasteiger partial charge >= 0.3 is 0 Å². The highest BCUT2D eigenvalue weighted by Gasteiger charge is 2.65. The summed E-state index contributed by atoms with van der Waals surface area (Å²) in [5, 5.41) is 0. The van der Waals surface area contributed by atoms with E-state index in [0.29, 0.717) is 0 Å². The minimum Gasteiger partial charge on any atom is -0.0293 e. The Kier molecular flexibility index (Phi) is 0.714. The molecule has 2 aliphatic heterocycles. The Hall–Kier alpha value is 1.33. The van der Waals surface area contributed by atoms with E-state index in [1.54, 1.807) is 6.16 Å². The molecule has 2 aliphatic rings. The van der Waals surface area contributed by atoms with Crippen LogP contribution >= 0.6 is 27.6 Å². The molecule has 0 aliphatic carbocycles. The molecule has 0 radical (unpaired) electrons. The van der Waals surface area contributed by atoms with Crippen molar-refractivity contribution < 1.29 is 0 Å². The lowest BCUT2D eigenvalue weighted by atomic mass is 11.0. The van der Waals surface area contributed by atoms with Crippen LogP contribution in [-0.2, 0) is 0 Å². The number of fused-ring (bicyclic) bond motifs is 1. The Morgan fingerprint density at radius 2 is 2.17 bits per heavy atom. The quantitative estimate of drug-likeness (QED) is 0.499. The normalized spacial score (nSPS) is 57.2. The molecule has 6 heavy (non-hydrogen) atoms. The summed E-state index contributed by atoms with van der Waals surface area (Å²) in [6.07, 6.45) is 2.37. The molecule has 0 aromatic rings. The lowest BCUT2D eigenvalue weighted by Crippen LogP contribution is -1.50. The highest BCUT2D eigenvalue weighted by Crippen LogP contribution is 3.27. The molecule has 32 valence electrons. The zero-order valence-electron chi connectivity index (χ0n) is 3.50. The highest BCUT2D eigenvalue weighted by atomic mass is 33.3. The minimum absolute atomic E-state index is 0.0293. The number of hydrogen-bond donors (Lipinski definition) is 0. The van der Waals surface area contributed by atoms with Crippen LogP contribution in [0.3, 0.4) is 0 Å². The van der Waals surface area contributed by atoms with Gasteiger partial charge in [0, 0.05) is 0 Å². The second-order valence-electron chi connectivity index (χ2n) is 1.46. The van der Waals surface area contributed by atoms with E-state index in [-0.39, 0.29) is 6.33 Å². The van der Waals surface area contributed by atoms with Crippen molar-refractivity contribution in [2.45, 2.75) is 6.92 Å². The summed E-state index contributed by atoms with van der Waals surface area (Å²) in [4.78, 5) is 0. The van der Waals surface area contributed by atoms with Crippen LogP contribution in [0.5, 0.6) is 0 Å². The van der Waals surface area contributed by atoms with Crippen LogP contribution in [0.2, 0.25) is 0 Å². The van der Waals surface area contributed by atoms with Crippen LogP contribution < -0.4 is 0 Å². The summed E-state index contributed by atoms with van der Waals surface area (Å²) in [6, 6.07) is 0. The Balaban J connectivity index is 2.27. The van der Waals surface area contributed by atoms with Crippen LogP contribution in [-0.4, -0.2) is 6.16 Å². The second-order valence-corrected chi connectivity index (χ2v) is 24.1. The molecular formula is C2H5P4+. The Morgan fingerprint density at radius 1 is 1.67 bits per heavy atom. The van der Waals surface area contributed by atoms with Gasteiger partial charge in [0.25, 0.3) is 0 Å². The van der Waals surface area contributed by atoms with E-state index in [2.05, 4.69) is 6.92 Å². The molecule has 0 bridgehead atoms. The predicted octanol–water partition coefficient (Wildman–Crippen LogP) is 4.00. The minimum atomic E-state index is 0.0293. The molecule has 0 amide bonds. The average Bonchev–Trinajstić information content (AvgIpc) is 2.12. The third-order valence-corrected chi connectivity index (χ3v) is 34.9.